The van der Waals surface area contributed by atoms with E-state index < -0.39 is 0 Å². The SMILES string of the molecule is CCCSC[C@@H](C)N. The average Bonchev–Trinajstić information content (AvgIpc) is 1.66. The fourth-order valence-corrected chi connectivity index (χ4v) is 1.24. The monoisotopic (exact) mass is 133 g/mol. The second-order valence-electron chi connectivity index (χ2n) is 2.05. The van der Waals surface area contributed by atoms with Crippen LogP contribution >= 0.6 is 11.8 Å². The van der Waals surface area contributed by atoms with Crippen molar-refractivity contribution >= 4 is 11.8 Å². The Bertz CT molecular complexity index is 45.8. The van der Waals surface area contributed by atoms with E-state index in [0.717, 1.165) is 5.75 Å². The Balaban J connectivity index is 2.72. The molecule has 0 aromatic carbocycles. The first-order valence-corrected chi connectivity index (χ1v) is 4.26. The predicted molar refractivity (Wildman–Crippen MR) is 41.3 cm³/mol. The van der Waals surface area contributed by atoms with E-state index in [1.54, 1.807) is 0 Å². The first-order valence-electron chi connectivity index (χ1n) is 3.10. The first kappa shape index (κ1) is 8.31. The summed E-state index contributed by atoms with van der Waals surface area (Å²) >= 11 is 1.94. The van der Waals surface area contributed by atoms with Gasteiger partial charge in [0.05, 0.1) is 0 Å². The van der Waals surface area contributed by atoms with Crippen molar-refractivity contribution in [2.24, 2.45) is 5.73 Å². The third-order valence-electron chi connectivity index (χ3n) is 0.729. The van der Waals surface area contributed by atoms with E-state index in [1.165, 1.54) is 12.2 Å². The van der Waals surface area contributed by atoms with Crippen LogP contribution in [0.15, 0.2) is 0 Å². The molecule has 0 aliphatic carbocycles. The molecule has 0 spiro atoms. The Kier molecular flexibility index (Phi) is 5.66. The lowest BCUT2D eigenvalue weighted by atomic mass is 10.4. The Morgan fingerprint density at radius 2 is 2.25 bits per heavy atom. The van der Waals surface area contributed by atoms with Gasteiger partial charge in [0.2, 0.25) is 0 Å². The van der Waals surface area contributed by atoms with Gasteiger partial charge in [0.15, 0.2) is 0 Å². The van der Waals surface area contributed by atoms with Gasteiger partial charge < -0.3 is 5.73 Å². The van der Waals surface area contributed by atoms with Crippen molar-refractivity contribution < 1.29 is 0 Å². The smallest absolute Gasteiger partial charge is 0.0101 e. The molecular formula is C6H15NS. The van der Waals surface area contributed by atoms with Crippen molar-refractivity contribution in [3.05, 3.63) is 0 Å². The molecule has 1 nitrogen and oxygen atoms in total. The third-order valence-corrected chi connectivity index (χ3v) is 2.19. The molecule has 50 valence electrons. The van der Waals surface area contributed by atoms with Gasteiger partial charge in [0, 0.05) is 11.8 Å². The van der Waals surface area contributed by atoms with Gasteiger partial charge in [-0.15, -0.1) is 0 Å². The number of rotatable bonds is 4. The fourth-order valence-electron chi connectivity index (χ4n) is 0.414. The number of thioether (sulfide) groups is 1. The molecule has 2 N–H and O–H groups in total. The summed E-state index contributed by atoms with van der Waals surface area (Å²) in [5.74, 6) is 2.36. The average molecular weight is 133 g/mol. The van der Waals surface area contributed by atoms with Gasteiger partial charge in [0.1, 0.15) is 0 Å². The lowest BCUT2D eigenvalue weighted by Gasteiger charge is -2.01. The van der Waals surface area contributed by atoms with Crippen molar-refractivity contribution in [2.45, 2.75) is 26.3 Å². The van der Waals surface area contributed by atoms with Gasteiger partial charge >= 0.3 is 0 Å². The minimum atomic E-state index is 0.367. The molecule has 0 aromatic rings. The van der Waals surface area contributed by atoms with E-state index in [9.17, 15) is 0 Å². The van der Waals surface area contributed by atoms with Gasteiger partial charge in [-0.1, -0.05) is 6.92 Å². The zero-order valence-corrected chi connectivity index (χ0v) is 6.50. The molecule has 0 radical (unpaired) electrons. The fraction of sp³-hybridized carbons (Fsp3) is 1.00. The molecule has 0 aromatic heterocycles. The summed E-state index contributed by atoms with van der Waals surface area (Å²) in [6, 6.07) is 0.367. The summed E-state index contributed by atoms with van der Waals surface area (Å²) in [7, 11) is 0. The Morgan fingerprint density at radius 3 is 2.62 bits per heavy atom. The van der Waals surface area contributed by atoms with Crippen molar-refractivity contribution in [3.8, 4) is 0 Å². The van der Waals surface area contributed by atoms with Crippen molar-refractivity contribution in [1.29, 1.82) is 0 Å². The van der Waals surface area contributed by atoms with Gasteiger partial charge in [-0.05, 0) is 19.1 Å². The Hall–Kier alpha value is 0.310. The van der Waals surface area contributed by atoms with Crippen molar-refractivity contribution in [1.82, 2.24) is 0 Å². The van der Waals surface area contributed by atoms with E-state index in [1.807, 2.05) is 18.7 Å². The minimum absolute atomic E-state index is 0.367. The molecule has 0 aliphatic heterocycles. The second kappa shape index (κ2) is 5.45. The lowest BCUT2D eigenvalue weighted by Crippen LogP contribution is -2.17. The van der Waals surface area contributed by atoms with Gasteiger partial charge in [-0.2, -0.15) is 11.8 Å². The summed E-state index contributed by atoms with van der Waals surface area (Å²) in [5, 5.41) is 0. The molecule has 1 atom stereocenters. The molecule has 2 heteroatoms. The maximum absolute atomic E-state index is 5.51. The van der Waals surface area contributed by atoms with Crippen LogP contribution in [0.25, 0.3) is 0 Å². The quantitative estimate of drug-likeness (QED) is 0.588. The zero-order valence-electron chi connectivity index (χ0n) is 5.68. The van der Waals surface area contributed by atoms with E-state index in [4.69, 9.17) is 5.73 Å². The van der Waals surface area contributed by atoms with Gasteiger partial charge in [-0.3, -0.25) is 0 Å². The summed E-state index contributed by atoms with van der Waals surface area (Å²) in [6.07, 6.45) is 1.26. The maximum atomic E-state index is 5.51. The van der Waals surface area contributed by atoms with Crippen molar-refractivity contribution in [3.63, 3.8) is 0 Å². The van der Waals surface area contributed by atoms with Crippen LogP contribution < -0.4 is 5.73 Å². The van der Waals surface area contributed by atoms with E-state index in [0.29, 0.717) is 6.04 Å². The van der Waals surface area contributed by atoms with E-state index in [2.05, 4.69) is 6.92 Å². The molecule has 0 saturated heterocycles. The van der Waals surface area contributed by atoms with Gasteiger partial charge in [0.25, 0.3) is 0 Å². The van der Waals surface area contributed by atoms with Crippen LogP contribution in [0.2, 0.25) is 0 Å². The highest BCUT2D eigenvalue weighted by atomic mass is 32.2. The third kappa shape index (κ3) is 6.31. The molecule has 0 rings (SSSR count). The van der Waals surface area contributed by atoms with Crippen LogP contribution in [0.3, 0.4) is 0 Å². The molecule has 0 unspecified atom stereocenters. The summed E-state index contributed by atoms with van der Waals surface area (Å²) in [4.78, 5) is 0. The number of nitrogens with two attached hydrogens (primary N) is 1. The topological polar surface area (TPSA) is 26.0 Å². The molecule has 0 aliphatic rings. The van der Waals surface area contributed by atoms with E-state index >= 15 is 0 Å². The largest absolute Gasteiger partial charge is 0.327 e. The number of hydrogen-bond acceptors (Lipinski definition) is 2. The summed E-state index contributed by atoms with van der Waals surface area (Å²) < 4.78 is 0. The molecule has 0 bridgehead atoms. The summed E-state index contributed by atoms with van der Waals surface area (Å²) in [6.45, 7) is 4.23. The Labute approximate surface area is 56.0 Å². The molecule has 0 fully saturated rings. The Morgan fingerprint density at radius 1 is 1.62 bits per heavy atom. The van der Waals surface area contributed by atoms with Crippen LogP contribution in [-0.4, -0.2) is 17.5 Å². The van der Waals surface area contributed by atoms with Crippen LogP contribution in [0, 0.1) is 0 Å². The van der Waals surface area contributed by atoms with Crippen LogP contribution in [0.5, 0.6) is 0 Å². The van der Waals surface area contributed by atoms with Gasteiger partial charge in [-0.25, -0.2) is 0 Å². The highest BCUT2D eigenvalue weighted by Gasteiger charge is 1.90. The van der Waals surface area contributed by atoms with Crippen LogP contribution in [-0.2, 0) is 0 Å². The molecule has 0 amide bonds. The predicted octanol–water partition coefficient (Wildman–Crippen LogP) is 1.48. The summed E-state index contributed by atoms with van der Waals surface area (Å²) in [5.41, 5.74) is 5.51. The second-order valence-corrected chi connectivity index (χ2v) is 3.20. The highest BCUT2D eigenvalue weighted by Crippen LogP contribution is 2.01. The standard InChI is InChI=1S/C6H15NS/c1-3-4-8-5-6(2)7/h6H,3-5,7H2,1-2H3/t6-/m1/s1. The molecule has 0 saturated carbocycles. The first-order chi connectivity index (χ1) is 3.77. The lowest BCUT2D eigenvalue weighted by molar-refractivity contribution is 0.846. The molecule has 0 heterocycles. The highest BCUT2D eigenvalue weighted by molar-refractivity contribution is 7.99. The minimum Gasteiger partial charge on any atom is -0.327 e. The molecular weight excluding hydrogens is 118 g/mol. The maximum Gasteiger partial charge on any atom is 0.0101 e. The zero-order chi connectivity index (χ0) is 6.41. The van der Waals surface area contributed by atoms with Crippen LogP contribution in [0.4, 0.5) is 0 Å². The van der Waals surface area contributed by atoms with E-state index in [-0.39, 0.29) is 0 Å². The van der Waals surface area contributed by atoms with Crippen LogP contribution in [0.1, 0.15) is 20.3 Å². The molecule has 8 heavy (non-hydrogen) atoms. The normalized spacial score (nSPS) is 13.9. The van der Waals surface area contributed by atoms with Crippen molar-refractivity contribution in [2.75, 3.05) is 11.5 Å². The number of hydrogen-bond donors (Lipinski definition) is 1.